The minimum atomic E-state index is -0.0206. The number of ether oxygens (including phenoxy) is 1. The topological polar surface area (TPSA) is 45.9 Å². The Bertz CT molecular complexity index is 976. The summed E-state index contributed by atoms with van der Waals surface area (Å²) in [4.78, 5) is 17.7. The molecule has 2 heterocycles. The van der Waals surface area contributed by atoms with E-state index in [-0.39, 0.29) is 5.43 Å². The van der Waals surface area contributed by atoms with Crippen molar-refractivity contribution in [2.24, 2.45) is 0 Å². The lowest BCUT2D eigenvalue weighted by Gasteiger charge is -2.33. The Balaban J connectivity index is 1.42. The number of fused-ring (bicyclic) bond motifs is 1. The molecule has 1 saturated heterocycles. The van der Waals surface area contributed by atoms with Crippen LogP contribution in [0.15, 0.2) is 64.0 Å². The molecule has 0 radical (unpaired) electrons. The lowest BCUT2D eigenvalue weighted by atomic mass is 10.1. The van der Waals surface area contributed by atoms with Crippen LogP contribution < -0.4 is 10.2 Å². The molecular formula is C23H26N2O3. The lowest BCUT2D eigenvalue weighted by molar-refractivity contribution is 0.121. The zero-order valence-electron chi connectivity index (χ0n) is 16.3. The fraction of sp³-hybridized carbons (Fsp3) is 0.348. The highest BCUT2D eigenvalue weighted by atomic mass is 16.5. The minimum absolute atomic E-state index is 0.0206. The molecule has 5 heteroatoms. The molecule has 5 nitrogen and oxygen atoms in total. The van der Waals surface area contributed by atoms with Gasteiger partial charge in [0, 0.05) is 38.8 Å². The Morgan fingerprint density at radius 1 is 1.00 bits per heavy atom. The first-order valence-corrected chi connectivity index (χ1v) is 9.93. The molecule has 0 atom stereocenters. The van der Waals surface area contributed by atoms with Crippen molar-refractivity contribution in [2.75, 3.05) is 45.9 Å². The normalized spacial score (nSPS) is 15.8. The number of piperazine rings is 1. The van der Waals surface area contributed by atoms with Crippen LogP contribution in [0.1, 0.15) is 6.92 Å². The standard InChI is InChI=1S/C23H26N2O3/c1-2-24-10-12-25(13-11-24)14-15-27-19-8-9-20-22(16-19)28-17-21(23(20)26)18-6-4-3-5-7-18/h3-9,16-17H,2,10-15H2,1H3. The summed E-state index contributed by atoms with van der Waals surface area (Å²) in [5, 5.41) is 0.574. The maximum absolute atomic E-state index is 12.8. The molecule has 3 aromatic rings. The lowest BCUT2D eigenvalue weighted by Crippen LogP contribution is -2.47. The van der Waals surface area contributed by atoms with E-state index in [4.69, 9.17) is 9.15 Å². The highest BCUT2D eigenvalue weighted by molar-refractivity contribution is 5.82. The molecular weight excluding hydrogens is 352 g/mol. The highest BCUT2D eigenvalue weighted by Gasteiger charge is 2.15. The molecule has 0 spiro atoms. The Morgan fingerprint density at radius 3 is 2.50 bits per heavy atom. The van der Waals surface area contributed by atoms with Crippen molar-refractivity contribution in [1.29, 1.82) is 0 Å². The second kappa shape index (κ2) is 8.59. The summed E-state index contributed by atoms with van der Waals surface area (Å²) < 4.78 is 11.7. The molecule has 0 saturated carbocycles. The Morgan fingerprint density at radius 2 is 1.75 bits per heavy atom. The van der Waals surface area contributed by atoms with E-state index in [0.717, 1.165) is 50.6 Å². The SMILES string of the molecule is CCN1CCN(CCOc2ccc3c(=O)c(-c4ccccc4)coc3c2)CC1. The quantitative estimate of drug-likeness (QED) is 0.657. The van der Waals surface area contributed by atoms with E-state index >= 15 is 0 Å². The second-order valence-electron chi connectivity index (χ2n) is 7.13. The maximum atomic E-state index is 12.8. The van der Waals surface area contributed by atoms with Gasteiger partial charge in [0.05, 0.1) is 10.9 Å². The first-order valence-electron chi connectivity index (χ1n) is 9.93. The molecule has 1 fully saturated rings. The van der Waals surface area contributed by atoms with Gasteiger partial charge in [0.15, 0.2) is 5.43 Å². The predicted octanol–water partition coefficient (Wildman–Crippen LogP) is 3.48. The largest absolute Gasteiger partial charge is 0.492 e. The average Bonchev–Trinajstić information content (AvgIpc) is 2.75. The summed E-state index contributed by atoms with van der Waals surface area (Å²) in [6.45, 7) is 9.30. The molecule has 4 rings (SSSR count). The number of rotatable bonds is 6. The van der Waals surface area contributed by atoms with Crippen LogP contribution in [0.4, 0.5) is 0 Å². The summed E-state index contributed by atoms with van der Waals surface area (Å²) in [5.41, 5.74) is 1.97. The van der Waals surface area contributed by atoms with Gasteiger partial charge in [-0.15, -0.1) is 0 Å². The van der Waals surface area contributed by atoms with Crippen LogP contribution in [0.5, 0.6) is 5.75 Å². The van der Waals surface area contributed by atoms with Gasteiger partial charge in [-0.25, -0.2) is 0 Å². The predicted molar refractivity (Wildman–Crippen MR) is 112 cm³/mol. The summed E-state index contributed by atoms with van der Waals surface area (Å²) in [5.74, 6) is 0.732. The zero-order chi connectivity index (χ0) is 19.3. The molecule has 28 heavy (non-hydrogen) atoms. The monoisotopic (exact) mass is 378 g/mol. The summed E-state index contributed by atoms with van der Waals surface area (Å²) in [7, 11) is 0. The van der Waals surface area contributed by atoms with Gasteiger partial charge >= 0.3 is 0 Å². The number of hydrogen-bond donors (Lipinski definition) is 0. The van der Waals surface area contributed by atoms with Crippen LogP contribution in [0.2, 0.25) is 0 Å². The van der Waals surface area contributed by atoms with Crippen LogP contribution >= 0.6 is 0 Å². The molecule has 1 aliphatic heterocycles. The third-order valence-electron chi connectivity index (χ3n) is 5.42. The van der Waals surface area contributed by atoms with E-state index in [9.17, 15) is 4.79 Å². The molecule has 1 aliphatic rings. The van der Waals surface area contributed by atoms with E-state index in [0.29, 0.717) is 23.1 Å². The number of hydrogen-bond acceptors (Lipinski definition) is 5. The van der Waals surface area contributed by atoms with Gasteiger partial charge in [-0.1, -0.05) is 37.3 Å². The molecule has 0 aliphatic carbocycles. The van der Waals surface area contributed by atoms with E-state index in [1.54, 1.807) is 12.1 Å². The van der Waals surface area contributed by atoms with E-state index < -0.39 is 0 Å². The molecule has 0 bridgehead atoms. The van der Waals surface area contributed by atoms with Crippen molar-refractivity contribution < 1.29 is 9.15 Å². The highest BCUT2D eigenvalue weighted by Crippen LogP contribution is 2.23. The van der Waals surface area contributed by atoms with Crippen LogP contribution in [0, 0.1) is 0 Å². The van der Waals surface area contributed by atoms with Crippen LogP contribution in [0.3, 0.4) is 0 Å². The summed E-state index contributed by atoms with van der Waals surface area (Å²) in [6, 6.07) is 15.0. The summed E-state index contributed by atoms with van der Waals surface area (Å²) in [6.07, 6.45) is 1.54. The van der Waals surface area contributed by atoms with Gasteiger partial charge < -0.3 is 14.1 Å². The van der Waals surface area contributed by atoms with Gasteiger partial charge in [0.2, 0.25) is 0 Å². The van der Waals surface area contributed by atoms with Gasteiger partial charge in [-0.2, -0.15) is 0 Å². The van der Waals surface area contributed by atoms with Crippen LogP contribution in [-0.4, -0.2) is 55.7 Å². The van der Waals surface area contributed by atoms with Gasteiger partial charge in [-0.3, -0.25) is 9.69 Å². The summed E-state index contributed by atoms with van der Waals surface area (Å²) >= 11 is 0. The van der Waals surface area contributed by atoms with E-state index in [2.05, 4.69) is 16.7 Å². The van der Waals surface area contributed by atoms with Crippen LogP contribution in [-0.2, 0) is 0 Å². The fourth-order valence-electron chi connectivity index (χ4n) is 3.64. The van der Waals surface area contributed by atoms with Gasteiger partial charge in [0.1, 0.15) is 24.2 Å². The number of nitrogens with zero attached hydrogens (tertiary/aromatic N) is 2. The first kappa shape index (κ1) is 18.7. The molecule has 0 amide bonds. The van der Waals surface area contributed by atoms with Crippen molar-refractivity contribution in [3.8, 4) is 16.9 Å². The zero-order valence-corrected chi connectivity index (χ0v) is 16.3. The smallest absolute Gasteiger partial charge is 0.200 e. The average molecular weight is 378 g/mol. The van der Waals surface area contributed by atoms with Crippen LogP contribution in [0.25, 0.3) is 22.1 Å². The third kappa shape index (κ3) is 4.11. The van der Waals surface area contributed by atoms with Crippen molar-refractivity contribution in [3.63, 3.8) is 0 Å². The van der Waals surface area contributed by atoms with Crippen molar-refractivity contribution in [1.82, 2.24) is 9.80 Å². The molecule has 0 N–H and O–H groups in total. The molecule has 1 aromatic heterocycles. The fourth-order valence-corrected chi connectivity index (χ4v) is 3.64. The van der Waals surface area contributed by atoms with Crippen molar-refractivity contribution in [3.05, 3.63) is 65.0 Å². The second-order valence-corrected chi connectivity index (χ2v) is 7.13. The minimum Gasteiger partial charge on any atom is -0.492 e. The maximum Gasteiger partial charge on any atom is 0.200 e. The van der Waals surface area contributed by atoms with Crippen molar-refractivity contribution >= 4 is 11.0 Å². The Labute approximate surface area is 165 Å². The first-order chi connectivity index (χ1) is 13.7. The molecule has 0 unspecified atom stereocenters. The van der Waals surface area contributed by atoms with Gasteiger partial charge in [-0.05, 0) is 24.2 Å². The Hall–Kier alpha value is -2.63. The van der Waals surface area contributed by atoms with Gasteiger partial charge in [0.25, 0.3) is 0 Å². The number of benzene rings is 2. The Kier molecular flexibility index (Phi) is 5.74. The van der Waals surface area contributed by atoms with E-state index in [1.165, 1.54) is 6.26 Å². The van der Waals surface area contributed by atoms with Crippen molar-refractivity contribution in [2.45, 2.75) is 6.92 Å². The number of likely N-dealkylation sites (N-methyl/N-ethyl adjacent to an activating group) is 1. The molecule has 146 valence electrons. The van der Waals surface area contributed by atoms with E-state index in [1.807, 2.05) is 36.4 Å². The molecule has 2 aromatic carbocycles. The third-order valence-corrected chi connectivity index (χ3v) is 5.42.